The zero-order valence-corrected chi connectivity index (χ0v) is 16.2. The number of rotatable bonds is 7. The number of anilines is 4. The Kier molecular flexibility index (Phi) is 6.42. The van der Waals surface area contributed by atoms with Gasteiger partial charge in [-0.05, 0) is 55.5 Å². The number of hydrogen-bond acceptors (Lipinski definition) is 5. The second-order valence-corrected chi connectivity index (χ2v) is 6.26. The molecule has 1 heterocycles. The molecule has 0 atom stereocenters. The summed E-state index contributed by atoms with van der Waals surface area (Å²) in [6.07, 6.45) is 3.14. The van der Waals surface area contributed by atoms with Crippen molar-refractivity contribution in [2.75, 3.05) is 22.6 Å². The van der Waals surface area contributed by atoms with Gasteiger partial charge in [0, 0.05) is 30.2 Å². The van der Waals surface area contributed by atoms with Gasteiger partial charge in [-0.25, -0.2) is 0 Å². The summed E-state index contributed by atoms with van der Waals surface area (Å²) in [4.78, 5) is 27.9. The minimum atomic E-state index is -0.298. The number of carbonyl (C=O) groups excluding carboxylic acids is 2. The maximum Gasteiger partial charge on any atom is 0.257 e. The van der Waals surface area contributed by atoms with E-state index in [9.17, 15) is 9.59 Å². The minimum Gasteiger partial charge on any atom is -0.494 e. The number of benzene rings is 2. The maximum atomic E-state index is 12.6. The largest absolute Gasteiger partial charge is 0.494 e. The molecular weight excluding hydrogens is 368 g/mol. The topological polar surface area (TPSA) is 92.3 Å². The number of nitrogens with one attached hydrogen (secondary N) is 3. The first-order valence-corrected chi connectivity index (χ1v) is 9.17. The molecule has 148 valence electrons. The van der Waals surface area contributed by atoms with Crippen molar-refractivity contribution < 1.29 is 14.3 Å². The molecule has 2 aromatic carbocycles. The molecular formula is C22H22N4O3. The Hall–Kier alpha value is -3.87. The molecule has 3 aromatic rings. The van der Waals surface area contributed by atoms with Crippen LogP contribution in [-0.2, 0) is 4.79 Å². The Balaban J connectivity index is 1.68. The van der Waals surface area contributed by atoms with Gasteiger partial charge in [0.2, 0.25) is 5.91 Å². The zero-order valence-electron chi connectivity index (χ0n) is 16.2. The van der Waals surface area contributed by atoms with E-state index >= 15 is 0 Å². The number of ether oxygens (including phenoxy) is 1. The number of aromatic nitrogens is 1. The highest BCUT2D eigenvalue weighted by Crippen LogP contribution is 2.21. The van der Waals surface area contributed by atoms with Gasteiger partial charge < -0.3 is 20.7 Å². The van der Waals surface area contributed by atoms with Crippen molar-refractivity contribution in [1.82, 2.24) is 4.98 Å². The van der Waals surface area contributed by atoms with E-state index in [0.717, 1.165) is 11.4 Å². The van der Waals surface area contributed by atoms with Gasteiger partial charge in [-0.1, -0.05) is 6.07 Å². The molecule has 3 rings (SSSR count). The SMILES string of the molecule is CCOc1ccc(Nc2cncc(C(=O)Nc3cccc(NC(C)=O)c3)c2)cc1. The van der Waals surface area contributed by atoms with Crippen LogP contribution in [0.25, 0.3) is 0 Å². The normalized spacial score (nSPS) is 10.1. The zero-order chi connectivity index (χ0) is 20.6. The van der Waals surface area contributed by atoms with Crippen LogP contribution in [-0.4, -0.2) is 23.4 Å². The monoisotopic (exact) mass is 390 g/mol. The summed E-state index contributed by atoms with van der Waals surface area (Å²) in [6.45, 7) is 3.98. The standard InChI is InChI=1S/C22H22N4O3/c1-3-29-21-9-7-17(8-10-21)25-20-11-16(13-23-14-20)22(28)26-19-6-4-5-18(12-19)24-15(2)27/h4-14,25H,3H2,1-2H3,(H,24,27)(H,26,28). The van der Waals surface area contributed by atoms with E-state index in [-0.39, 0.29) is 11.8 Å². The van der Waals surface area contributed by atoms with Crippen molar-refractivity contribution in [2.24, 2.45) is 0 Å². The first kappa shape index (κ1) is 19.9. The van der Waals surface area contributed by atoms with Gasteiger partial charge in [0.05, 0.1) is 24.1 Å². The molecule has 0 aliphatic heterocycles. The quantitative estimate of drug-likeness (QED) is 0.555. The van der Waals surface area contributed by atoms with E-state index in [2.05, 4.69) is 20.9 Å². The van der Waals surface area contributed by atoms with Crippen LogP contribution < -0.4 is 20.7 Å². The fourth-order valence-electron chi connectivity index (χ4n) is 2.68. The molecule has 0 aliphatic rings. The Bertz CT molecular complexity index is 1000. The average Bonchev–Trinajstić information content (AvgIpc) is 2.70. The Morgan fingerprint density at radius 1 is 0.897 bits per heavy atom. The molecule has 7 nitrogen and oxygen atoms in total. The van der Waals surface area contributed by atoms with Gasteiger partial charge in [-0.15, -0.1) is 0 Å². The summed E-state index contributed by atoms with van der Waals surface area (Å²) in [5.41, 5.74) is 3.14. The smallest absolute Gasteiger partial charge is 0.257 e. The summed E-state index contributed by atoms with van der Waals surface area (Å²) >= 11 is 0. The van der Waals surface area contributed by atoms with Crippen molar-refractivity contribution in [3.05, 3.63) is 72.6 Å². The summed E-state index contributed by atoms with van der Waals surface area (Å²) in [7, 11) is 0. The summed E-state index contributed by atoms with van der Waals surface area (Å²) in [5, 5.41) is 8.71. The molecule has 3 N–H and O–H groups in total. The van der Waals surface area contributed by atoms with Gasteiger partial charge in [0.1, 0.15) is 5.75 Å². The lowest BCUT2D eigenvalue weighted by Crippen LogP contribution is -2.13. The van der Waals surface area contributed by atoms with Crippen LogP contribution in [0.15, 0.2) is 67.0 Å². The van der Waals surface area contributed by atoms with E-state index in [1.54, 1.807) is 36.5 Å². The molecule has 0 spiro atoms. The fraction of sp³-hybridized carbons (Fsp3) is 0.136. The van der Waals surface area contributed by atoms with Crippen LogP contribution in [0.2, 0.25) is 0 Å². The Morgan fingerprint density at radius 3 is 2.31 bits per heavy atom. The lowest BCUT2D eigenvalue weighted by atomic mass is 10.2. The van der Waals surface area contributed by atoms with E-state index in [1.165, 1.54) is 13.1 Å². The molecule has 0 bridgehead atoms. The molecule has 0 aliphatic carbocycles. The molecule has 2 amide bonds. The first-order valence-electron chi connectivity index (χ1n) is 9.17. The van der Waals surface area contributed by atoms with E-state index in [0.29, 0.717) is 29.2 Å². The first-order chi connectivity index (χ1) is 14.0. The predicted octanol–water partition coefficient (Wildman–Crippen LogP) is 4.43. The van der Waals surface area contributed by atoms with Crippen molar-refractivity contribution in [3.63, 3.8) is 0 Å². The van der Waals surface area contributed by atoms with Crippen LogP contribution in [0.4, 0.5) is 22.7 Å². The van der Waals surface area contributed by atoms with E-state index < -0.39 is 0 Å². The van der Waals surface area contributed by atoms with Crippen LogP contribution in [0.1, 0.15) is 24.2 Å². The second kappa shape index (κ2) is 9.36. The van der Waals surface area contributed by atoms with Crippen molar-refractivity contribution in [2.45, 2.75) is 13.8 Å². The third-order valence-electron chi connectivity index (χ3n) is 3.90. The third-order valence-corrected chi connectivity index (χ3v) is 3.90. The van der Waals surface area contributed by atoms with Gasteiger partial charge in [0.25, 0.3) is 5.91 Å². The number of nitrogens with zero attached hydrogens (tertiary/aromatic N) is 1. The highest BCUT2D eigenvalue weighted by molar-refractivity contribution is 6.05. The second-order valence-electron chi connectivity index (χ2n) is 6.26. The fourth-order valence-corrected chi connectivity index (χ4v) is 2.68. The lowest BCUT2D eigenvalue weighted by molar-refractivity contribution is -0.114. The maximum absolute atomic E-state index is 12.6. The minimum absolute atomic E-state index is 0.175. The molecule has 0 saturated heterocycles. The highest BCUT2D eigenvalue weighted by Gasteiger charge is 2.09. The van der Waals surface area contributed by atoms with E-state index in [4.69, 9.17) is 4.74 Å². The highest BCUT2D eigenvalue weighted by atomic mass is 16.5. The molecule has 0 unspecified atom stereocenters. The molecule has 29 heavy (non-hydrogen) atoms. The van der Waals surface area contributed by atoms with Crippen molar-refractivity contribution in [3.8, 4) is 5.75 Å². The molecule has 0 radical (unpaired) electrons. The molecule has 0 saturated carbocycles. The molecule has 7 heteroatoms. The summed E-state index contributed by atoms with van der Waals surface area (Å²) in [5.74, 6) is 0.323. The predicted molar refractivity (Wildman–Crippen MR) is 114 cm³/mol. The van der Waals surface area contributed by atoms with Gasteiger partial charge >= 0.3 is 0 Å². The van der Waals surface area contributed by atoms with Crippen LogP contribution in [0.3, 0.4) is 0 Å². The number of carbonyl (C=O) groups is 2. The molecule has 0 fully saturated rings. The van der Waals surface area contributed by atoms with Gasteiger partial charge in [-0.3, -0.25) is 14.6 Å². The summed E-state index contributed by atoms with van der Waals surface area (Å²) < 4.78 is 5.43. The third kappa shape index (κ3) is 5.80. The van der Waals surface area contributed by atoms with E-state index in [1.807, 2.05) is 31.2 Å². The number of hydrogen-bond donors (Lipinski definition) is 3. The lowest BCUT2D eigenvalue weighted by Gasteiger charge is -2.10. The number of amides is 2. The number of pyridine rings is 1. The van der Waals surface area contributed by atoms with Gasteiger partial charge in [0.15, 0.2) is 0 Å². The van der Waals surface area contributed by atoms with Crippen LogP contribution >= 0.6 is 0 Å². The van der Waals surface area contributed by atoms with Crippen molar-refractivity contribution >= 4 is 34.6 Å². The molecule has 1 aromatic heterocycles. The Labute approximate surface area is 169 Å². The van der Waals surface area contributed by atoms with Crippen LogP contribution in [0, 0.1) is 0 Å². The Morgan fingerprint density at radius 2 is 1.62 bits per heavy atom. The van der Waals surface area contributed by atoms with Crippen molar-refractivity contribution in [1.29, 1.82) is 0 Å². The van der Waals surface area contributed by atoms with Gasteiger partial charge in [-0.2, -0.15) is 0 Å². The average molecular weight is 390 g/mol. The van der Waals surface area contributed by atoms with Crippen LogP contribution in [0.5, 0.6) is 5.75 Å². The summed E-state index contributed by atoms with van der Waals surface area (Å²) in [6, 6.07) is 16.2.